The molecule has 0 saturated carbocycles. The summed E-state index contributed by atoms with van der Waals surface area (Å²) in [5.41, 5.74) is 2.66. The molecule has 1 aromatic heterocycles. The summed E-state index contributed by atoms with van der Waals surface area (Å²) in [6.07, 6.45) is 5.34. The Kier molecular flexibility index (Phi) is 6.05. The number of piperidine rings is 1. The third-order valence-corrected chi connectivity index (χ3v) is 5.81. The molecule has 0 spiro atoms. The van der Waals surface area contributed by atoms with Crippen LogP contribution >= 0.6 is 0 Å². The highest BCUT2D eigenvalue weighted by atomic mass is 16.4. The lowest BCUT2D eigenvalue weighted by Gasteiger charge is -2.36. The summed E-state index contributed by atoms with van der Waals surface area (Å²) >= 11 is 0. The number of likely N-dealkylation sites (tertiary alicyclic amines) is 1. The maximum Gasteiger partial charge on any atom is 0.306 e. The molecule has 0 bridgehead atoms. The molecule has 1 N–H and O–H groups in total. The number of rotatable bonds is 7. The first-order chi connectivity index (χ1) is 14.6. The number of Topliss-reactive ketones (excluding diaryl/α,β-unsaturated/α-hetero) is 1. The average molecular weight is 403 g/mol. The highest BCUT2D eigenvalue weighted by molar-refractivity contribution is 6.00. The number of carboxylic acid groups (broad SMARTS) is 1. The first-order valence-electron chi connectivity index (χ1n) is 10.3. The van der Waals surface area contributed by atoms with E-state index in [9.17, 15) is 14.7 Å². The van der Waals surface area contributed by atoms with Crippen LogP contribution in [-0.4, -0.2) is 50.7 Å². The Balaban J connectivity index is 1.55. The molecule has 3 aromatic rings. The number of aromatic nitrogens is 2. The molecule has 2 heterocycles. The molecule has 6 heteroatoms. The SMILES string of the molecule is O=C(O)C1CCN(C(Cc2ccccc2)C(=O)c2ccc(-n3cccn3)cc2)CC1. The maximum absolute atomic E-state index is 13.5. The first kappa shape index (κ1) is 20.0. The summed E-state index contributed by atoms with van der Waals surface area (Å²) in [5.74, 6) is -0.989. The quantitative estimate of drug-likeness (QED) is 0.612. The van der Waals surface area contributed by atoms with Crippen molar-refractivity contribution >= 4 is 11.8 Å². The van der Waals surface area contributed by atoms with Crippen LogP contribution in [0.1, 0.15) is 28.8 Å². The summed E-state index contributed by atoms with van der Waals surface area (Å²) in [6.45, 7) is 1.23. The van der Waals surface area contributed by atoms with Crippen molar-refractivity contribution < 1.29 is 14.7 Å². The van der Waals surface area contributed by atoms with Gasteiger partial charge in [-0.1, -0.05) is 30.3 Å². The van der Waals surface area contributed by atoms with Crippen LogP contribution in [0.3, 0.4) is 0 Å². The Bertz CT molecular complexity index is 976. The molecule has 1 atom stereocenters. The van der Waals surface area contributed by atoms with Crippen LogP contribution < -0.4 is 0 Å². The van der Waals surface area contributed by atoms with Crippen molar-refractivity contribution in [2.45, 2.75) is 25.3 Å². The lowest BCUT2D eigenvalue weighted by molar-refractivity contribution is -0.143. The number of aliphatic carboxylic acids is 1. The Hall–Kier alpha value is -3.25. The first-order valence-corrected chi connectivity index (χ1v) is 10.3. The van der Waals surface area contributed by atoms with Crippen molar-refractivity contribution in [3.8, 4) is 5.69 Å². The zero-order valence-electron chi connectivity index (χ0n) is 16.7. The van der Waals surface area contributed by atoms with E-state index in [4.69, 9.17) is 0 Å². The van der Waals surface area contributed by atoms with Gasteiger partial charge in [0.1, 0.15) is 0 Å². The van der Waals surface area contributed by atoms with E-state index in [-0.39, 0.29) is 17.7 Å². The van der Waals surface area contributed by atoms with Gasteiger partial charge in [0.2, 0.25) is 0 Å². The number of nitrogens with zero attached hydrogens (tertiary/aromatic N) is 3. The normalized spacial score (nSPS) is 16.3. The maximum atomic E-state index is 13.5. The van der Waals surface area contributed by atoms with E-state index in [0.717, 1.165) is 11.3 Å². The second kappa shape index (κ2) is 9.05. The van der Waals surface area contributed by atoms with Crippen LogP contribution in [-0.2, 0) is 11.2 Å². The number of carbonyl (C=O) groups excluding carboxylic acids is 1. The van der Waals surface area contributed by atoms with Crippen molar-refractivity contribution in [3.63, 3.8) is 0 Å². The average Bonchev–Trinajstić information content (AvgIpc) is 3.33. The molecule has 6 nitrogen and oxygen atoms in total. The van der Waals surface area contributed by atoms with Crippen LogP contribution in [0, 0.1) is 5.92 Å². The molecule has 30 heavy (non-hydrogen) atoms. The van der Waals surface area contributed by atoms with Gasteiger partial charge in [0.15, 0.2) is 5.78 Å². The number of carbonyl (C=O) groups is 2. The van der Waals surface area contributed by atoms with Crippen LogP contribution in [0.15, 0.2) is 73.1 Å². The summed E-state index contributed by atoms with van der Waals surface area (Å²) in [5, 5.41) is 13.5. The van der Waals surface area contributed by atoms with E-state index < -0.39 is 5.97 Å². The summed E-state index contributed by atoms with van der Waals surface area (Å²) in [4.78, 5) is 26.9. The van der Waals surface area contributed by atoms with Gasteiger partial charge in [-0.2, -0.15) is 5.10 Å². The molecule has 1 saturated heterocycles. The summed E-state index contributed by atoms with van der Waals surface area (Å²) < 4.78 is 1.76. The Morgan fingerprint density at radius 2 is 1.70 bits per heavy atom. The van der Waals surface area contributed by atoms with E-state index in [2.05, 4.69) is 10.00 Å². The highest BCUT2D eigenvalue weighted by Gasteiger charge is 2.32. The van der Waals surface area contributed by atoms with Crippen molar-refractivity contribution in [1.82, 2.24) is 14.7 Å². The van der Waals surface area contributed by atoms with Crippen molar-refractivity contribution in [2.75, 3.05) is 13.1 Å². The molecule has 154 valence electrons. The number of ketones is 1. The molecule has 0 radical (unpaired) electrons. The third-order valence-electron chi connectivity index (χ3n) is 5.81. The smallest absolute Gasteiger partial charge is 0.306 e. The summed E-state index contributed by atoms with van der Waals surface area (Å²) in [6, 6.07) is 19.0. The Labute approximate surface area is 175 Å². The molecular weight excluding hydrogens is 378 g/mol. The number of hydrogen-bond donors (Lipinski definition) is 1. The van der Waals surface area contributed by atoms with E-state index in [1.54, 1.807) is 10.9 Å². The molecule has 0 aliphatic carbocycles. The standard InChI is InChI=1S/C24H25N3O3/c28-23(19-7-9-21(10-8-19)27-14-4-13-25-27)22(17-18-5-2-1-3-6-18)26-15-11-20(12-16-26)24(29)30/h1-10,13-14,20,22H,11-12,15-17H2,(H,29,30). The molecule has 1 aliphatic rings. The van der Waals surface area contributed by atoms with E-state index in [1.807, 2.05) is 66.9 Å². The van der Waals surface area contributed by atoms with Gasteiger partial charge in [-0.3, -0.25) is 14.5 Å². The molecule has 1 unspecified atom stereocenters. The van der Waals surface area contributed by atoms with Gasteiger partial charge in [-0.15, -0.1) is 0 Å². The highest BCUT2D eigenvalue weighted by Crippen LogP contribution is 2.23. The van der Waals surface area contributed by atoms with Crippen LogP contribution in [0.5, 0.6) is 0 Å². The van der Waals surface area contributed by atoms with Crippen LogP contribution in [0.2, 0.25) is 0 Å². The number of carboxylic acids is 1. The van der Waals surface area contributed by atoms with Gasteiger partial charge in [-0.05, 0) is 68.2 Å². The van der Waals surface area contributed by atoms with Crippen molar-refractivity contribution in [3.05, 3.63) is 84.2 Å². The largest absolute Gasteiger partial charge is 0.481 e. The second-order valence-electron chi connectivity index (χ2n) is 7.72. The zero-order chi connectivity index (χ0) is 20.9. The fourth-order valence-electron chi connectivity index (χ4n) is 4.08. The molecule has 2 aromatic carbocycles. The fourth-order valence-corrected chi connectivity index (χ4v) is 4.08. The van der Waals surface area contributed by atoms with E-state index in [1.165, 1.54) is 0 Å². The molecule has 1 fully saturated rings. The van der Waals surface area contributed by atoms with Gasteiger partial charge >= 0.3 is 5.97 Å². The topological polar surface area (TPSA) is 75.4 Å². The molecule has 4 rings (SSSR count). The van der Waals surface area contributed by atoms with Crippen molar-refractivity contribution in [1.29, 1.82) is 0 Å². The minimum atomic E-state index is -0.741. The lowest BCUT2D eigenvalue weighted by atomic mass is 9.91. The second-order valence-corrected chi connectivity index (χ2v) is 7.72. The number of hydrogen-bond acceptors (Lipinski definition) is 4. The van der Waals surface area contributed by atoms with Gasteiger partial charge < -0.3 is 5.11 Å². The third kappa shape index (κ3) is 4.49. The van der Waals surface area contributed by atoms with Gasteiger partial charge in [0.05, 0.1) is 17.6 Å². The fraction of sp³-hybridized carbons (Fsp3) is 0.292. The molecular formula is C24H25N3O3. The minimum absolute atomic E-state index is 0.0691. The van der Waals surface area contributed by atoms with Crippen LogP contribution in [0.25, 0.3) is 5.69 Å². The Morgan fingerprint density at radius 3 is 2.30 bits per heavy atom. The van der Waals surface area contributed by atoms with E-state index >= 15 is 0 Å². The van der Waals surface area contributed by atoms with Crippen LogP contribution in [0.4, 0.5) is 0 Å². The van der Waals surface area contributed by atoms with Gasteiger partial charge in [0, 0.05) is 18.0 Å². The van der Waals surface area contributed by atoms with Gasteiger partial charge in [0.25, 0.3) is 0 Å². The minimum Gasteiger partial charge on any atom is -0.481 e. The predicted octanol–water partition coefficient (Wildman–Crippen LogP) is 3.46. The Morgan fingerprint density at radius 1 is 1.00 bits per heavy atom. The molecule has 0 amide bonds. The zero-order valence-corrected chi connectivity index (χ0v) is 16.7. The summed E-state index contributed by atoms with van der Waals surface area (Å²) in [7, 11) is 0. The van der Waals surface area contributed by atoms with Gasteiger partial charge in [-0.25, -0.2) is 4.68 Å². The molecule has 1 aliphatic heterocycles. The predicted molar refractivity (Wildman–Crippen MR) is 114 cm³/mol. The lowest BCUT2D eigenvalue weighted by Crippen LogP contribution is -2.47. The number of benzene rings is 2. The monoisotopic (exact) mass is 403 g/mol. The van der Waals surface area contributed by atoms with E-state index in [0.29, 0.717) is 37.9 Å². The van der Waals surface area contributed by atoms with Crippen molar-refractivity contribution in [2.24, 2.45) is 5.92 Å².